The number of alkyl halides is 3. The smallest absolute Gasteiger partial charge is 0.355 e. The lowest BCUT2D eigenvalue weighted by atomic mass is 9.96. The van der Waals surface area contributed by atoms with Crippen LogP contribution in [-0.2, 0) is 17.5 Å². The first-order valence-corrected chi connectivity index (χ1v) is 10.7. The third-order valence-corrected chi connectivity index (χ3v) is 6.40. The van der Waals surface area contributed by atoms with Gasteiger partial charge in [-0.3, -0.25) is 4.79 Å². The molecule has 3 aromatic rings. The lowest BCUT2D eigenvalue weighted by Gasteiger charge is -2.33. The van der Waals surface area contributed by atoms with Crippen molar-refractivity contribution < 1.29 is 18.0 Å². The molecule has 2 aromatic heterocycles. The summed E-state index contributed by atoms with van der Waals surface area (Å²) in [6.07, 6.45) is -0.874. The first-order chi connectivity index (χ1) is 14.3. The molecule has 1 N–H and O–H groups in total. The van der Waals surface area contributed by atoms with Crippen LogP contribution < -0.4 is 10.2 Å². The minimum atomic E-state index is -4.36. The van der Waals surface area contributed by atoms with Crippen LogP contribution in [0.25, 0.3) is 10.1 Å². The Morgan fingerprint density at radius 2 is 2.03 bits per heavy atom. The predicted octanol–water partition coefficient (Wildman–Crippen LogP) is 5.16. The Morgan fingerprint density at radius 3 is 2.77 bits per heavy atom. The molecule has 30 heavy (non-hydrogen) atoms. The molecule has 1 unspecified atom stereocenters. The fourth-order valence-electron chi connectivity index (χ4n) is 3.86. The van der Waals surface area contributed by atoms with Crippen molar-refractivity contribution in [3.05, 3.63) is 58.6 Å². The number of halogens is 3. The van der Waals surface area contributed by atoms with Gasteiger partial charge in [-0.25, -0.2) is 4.98 Å². The normalized spacial score (nSPS) is 17.3. The van der Waals surface area contributed by atoms with Crippen LogP contribution in [0.4, 0.5) is 19.0 Å². The van der Waals surface area contributed by atoms with Crippen LogP contribution in [0, 0.1) is 12.8 Å². The van der Waals surface area contributed by atoms with E-state index in [4.69, 9.17) is 0 Å². The number of thiophene rings is 1. The number of pyridine rings is 1. The number of rotatable bonds is 4. The number of carbonyl (C=O) groups is 1. The largest absolute Gasteiger partial charge is 0.416 e. The Balaban J connectivity index is 1.40. The quantitative estimate of drug-likeness (QED) is 0.619. The summed E-state index contributed by atoms with van der Waals surface area (Å²) in [7, 11) is 0. The van der Waals surface area contributed by atoms with E-state index in [0.717, 1.165) is 42.7 Å². The average molecular weight is 433 g/mol. The fourth-order valence-corrected chi connectivity index (χ4v) is 4.77. The molecule has 0 bridgehead atoms. The zero-order valence-electron chi connectivity index (χ0n) is 16.5. The second kappa shape index (κ2) is 8.26. The van der Waals surface area contributed by atoms with Crippen molar-refractivity contribution in [1.82, 2.24) is 10.3 Å². The maximum absolute atomic E-state index is 12.7. The molecule has 1 atom stereocenters. The van der Waals surface area contributed by atoms with E-state index in [1.54, 1.807) is 11.3 Å². The number of carbonyl (C=O) groups excluding carboxylic acids is 1. The Labute approximate surface area is 176 Å². The topological polar surface area (TPSA) is 45.2 Å². The van der Waals surface area contributed by atoms with E-state index in [2.05, 4.69) is 28.2 Å². The molecule has 0 spiro atoms. The van der Waals surface area contributed by atoms with Crippen LogP contribution in [0.2, 0.25) is 0 Å². The zero-order chi connectivity index (χ0) is 21.3. The highest BCUT2D eigenvalue weighted by Gasteiger charge is 2.30. The number of fused-ring (bicyclic) bond motifs is 1. The molecule has 1 fully saturated rings. The maximum Gasteiger partial charge on any atom is 0.416 e. The molecule has 3 heterocycles. The SMILES string of the molecule is Cc1cc2c(N3CCCC(C(=O)NCc4ccc(C(F)(F)F)cc4)C3)nccc2s1. The number of nitrogens with zero attached hydrogens (tertiary/aromatic N) is 2. The van der Waals surface area contributed by atoms with Crippen molar-refractivity contribution in [3.63, 3.8) is 0 Å². The number of nitrogens with one attached hydrogen (secondary N) is 1. The Morgan fingerprint density at radius 1 is 1.27 bits per heavy atom. The Kier molecular flexibility index (Phi) is 5.69. The summed E-state index contributed by atoms with van der Waals surface area (Å²) in [5.41, 5.74) is -0.0463. The first-order valence-electron chi connectivity index (χ1n) is 9.85. The number of hydrogen-bond acceptors (Lipinski definition) is 4. The van der Waals surface area contributed by atoms with Crippen LogP contribution in [0.5, 0.6) is 0 Å². The summed E-state index contributed by atoms with van der Waals surface area (Å²) in [5, 5.41) is 3.99. The number of anilines is 1. The van der Waals surface area contributed by atoms with E-state index in [1.807, 2.05) is 12.3 Å². The molecule has 1 aliphatic heterocycles. The van der Waals surface area contributed by atoms with E-state index in [1.165, 1.54) is 21.7 Å². The highest BCUT2D eigenvalue weighted by Crippen LogP contribution is 2.33. The van der Waals surface area contributed by atoms with Gasteiger partial charge in [-0.15, -0.1) is 11.3 Å². The van der Waals surface area contributed by atoms with Crippen LogP contribution in [0.3, 0.4) is 0 Å². The standard InChI is InChI=1S/C22H22F3N3OS/c1-14-11-18-19(30-14)8-9-26-20(18)28-10-2-3-16(13-28)21(29)27-12-15-4-6-17(7-5-15)22(23,24)25/h4-9,11,16H,2-3,10,12-13H2,1H3,(H,27,29). The van der Waals surface area contributed by atoms with Gasteiger partial charge in [0.05, 0.1) is 11.5 Å². The van der Waals surface area contributed by atoms with Crippen molar-refractivity contribution >= 4 is 33.1 Å². The van der Waals surface area contributed by atoms with E-state index in [0.29, 0.717) is 12.1 Å². The molecular weight excluding hydrogens is 411 g/mol. The van der Waals surface area contributed by atoms with Crippen LogP contribution in [-0.4, -0.2) is 24.0 Å². The fraction of sp³-hybridized carbons (Fsp3) is 0.364. The molecule has 4 nitrogen and oxygen atoms in total. The maximum atomic E-state index is 12.7. The van der Waals surface area contributed by atoms with E-state index in [-0.39, 0.29) is 18.4 Å². The molecule has 1 amide bonds. The molecular formula is C22H22F3N3OS. The van der Waals surface area contributed by atoms with Crippen LogP contribution >= 0.6 is 11.3 Å². The molecule has 0 radical (unpaired) electrons. The number of hydrogen-bond donors (Lipinski definition) is 1. The van der Waals surface area contributed by atoms with Gasteiger partial charge in [-0.1, -0.05) is 12.1 Å². The van der Waals surface area contributed by atoms with E-state index >= 15 is 0 Å². The van der Waals surface area contributed by atoms with Gasteiger partial charge in [0.2, 0.25) is 5.91 Å². The van der Waals surface area contributed by atoms with Gasteiger partial charge in [-0.2, -0.15) is 13.2 Å². The van der Waals surface area contributed by atoms with E-state index < -0.39 is 11.7 Å². The predicted molar refractivity (Wildman–Crippen MR) is 113 cm³/mol. The number of aromatic nitrogens is 1. The van der Waals surface area contributed by atoms with Crippen molar-refractivity contribution in [2.75, 3.05) is 18.0 Å². The molecule has 0 aliphatic carbocycles. The third kappa shape index (κ3) is 4.43. The van der Waals surface area contributed by atoms with Gasteiger partial charge in [0, 0.05) is 40.8 Å². The zero-order valence-corrected chi connectivity index (χ0v) is 17.3. The highest BCUT2D eigenvalue weighted by molar-refractivity contribution is 7.19. The van der Waals surface area contributed by atoms with Gasteiger partial charge < -0.3 is 10.2 Å². The van der Waals surface area contributed by atoms with Gasteiger partial charge >= 0.3 is 6.18 Å². The number of aryl methyl sites for hydroxylation is 1. The average Bonchev–Trinajstić information content (AvgIpc) is 3.12. The Hall–Kier alpha value is -2.61. The van der Waals surface area contributed by atoms with Crippen molar-refractivity contribution in [2.24, 2.45) is 5.92 Å². The summed E-state index contributed by atoms with van der Waals surface area (Å²) < 4.78 is 39.2. The summed E-state index contributed by atoms with van der Waals surface area (Å²) in [5.74, 6) is 0.662. The first kappa shape index (κ1) is 20.7. The second-order valence-electron chi connectivity index (χ2n) is 7.60. The molecule has 158 valence electrons. The number of piperidine rings is 1. The molecule has 1 saturated heterocycles. The second-order valence-corrected chi connectivity index (χ2v) is 8.89. The van der Waals surface area contributed by atoms with Gasteiger partial charge in [0.15, 0.2) is 0 Å². The summed E-state index contributed by atoms with van der Waals surface area (Å²) in [6, 6.07) is 9.03. The minimum absolute atomic E-state index is 0.0757. The van der Waals surface area contributed by atoms with Crippen molar-refractivity contribution in [2.45, 2.75) is 32.5 Å². The molecule has 8 heteroatoms. The van der Waals surface area contributed by atoms with E-state index in [9.17, 15) is 18.0 Å². The van der Waals surface area contributed by atoms with Gasteiger partial charge in [-0.05, 0) is 49.6 Å². The van der Waals surface area contributed by atoms with Crippen LogP contribution in [0.1, 0.15) is 28.8 Å². The van der Waals surface area contributed by atoms with Gasteiger partial charge in [0.25, 0.3) is 0 Å². The Bertz CT molecular complexity index is 1050. The monoisotopic (exact) mass is 433 g/mol. The highest BCUT2D eigenvalue weighted by atomic mass is 32.1. The van der Waals surface area contributed by atoms with Gasteiger partial charge in [0.1, 0.15) is 5.82 Å². The lowest BCUT2D eigenvalue weighted by molar-refractivity contribution is -0.137. The molecule has 4 rings (SSSR count). The molecule has 1 aliphatic rings. The molecule has 0 saturated carbocycles. The summed E-state index contributed by atoms with van der Waals surface area (Å²) in [4.78, 5) is 20.7. The summed E-state index contributed by atoms with van der Waals surface area (Å²) in [6.45, 7) is 3.72. The lowest BCUT2D eigenvalue weighted by Crippen LogP contribution is -2.43. The third-order valence-electron chi connectivity index (χ3n) is 5.39. The number of amides is 1. The van der Waals surface area contributed by atoms with Crippen molar-refractivity contribution in [3.8, 4) is 0 Å². The minimum Gasteiger partial charge on any atom is -0.355 e. The van der Waals surface area contributed by atoms with Crippen LogP contribution in [0.15, 0.2) is 42.6 Å². The number of benzene rings is 1. The van der Waals surface area contributed by atoms with Crippen molar-refractivity contribution in [1.29, 1.82) is 0 Å². The molecule has 1 aromatic carbocycles. The summed E-state index contributed by atoms with van der Waals surface area (Å²) >= 11 is 1.73.